The number of aromatic nitrogens is 2. The summed E-state index contributed by atoms with van der Waals surface area (Å²) >= 11 is 1.66. The van der Waals surface area contributed by atoms with Gasteiger partial charge in [0.05, 0.1) is 15.8 Å². The molecule has 2 aromatic heterocycles. The maximum atomic E-state index is 13.0. The first kappa shape index (κ1) is 22.8. The van der Waals surface area contributed by atoms with E-state index >= 15 is 0 Å². The van der Waals surface area contributed by atoms with Gasteiger partial charge in [0.25, 0.3) is 5.91 Å². The maximum absolute atomic E-state index is 13.0. The molecular weight excluding hydrogens is 458 g/mol. The quantitative estimate of drug-likeness (QED) is 0.281. The van der Waals surface area contributed by atoms with Gasteiger partial charge in [-0.1, -0.05) is 17.3 Å². The molecule has 0 atom stereocenters. The van der Waals surface area contributed by atoms with E-state index in [-0.39, 0.29) is 18.2 Å². The zero-order valence-corrected chi connectivity index (χ0v) is 20.8. The Morgan fingerprint density at radius 3 is 2.43 bits per heavy atom. The van der Waals surface area contributed by atoms with Crippen molar-refractivity contribution in [2.75, 3.05) is 5.32 Å². The number of thiazole rings is 1. The van der Waals surface area contributed by atoms with Crippen molar-refractivity contribution in [3.8, 4) is 16.3 Å². The summed E-state index contributed by atoms with van der Waals surface area (Å²) in [5.74, 6) is 0.958. The third kappa shape index (κ3) is 4.95. The molecular formula is C28H25N3O3S. The van der Waals surface area contributed by atoms with E-state index in [9.17, 15) is 4.79 Å². The molecule has 3 aromatic carbocycles. The van der Waals surface area contributed by atoms with Gasteiger partial charge >= 0.3 is 0 Å². The van der Waals surface area contributed by atoms with Crippen LogP contribution in [0.3, 0.4) is 0 Å². The summed E-state index contributed by atoms with van der Waals surface area (Å²) < 4.78 is 12.4. The number of aryl methyl sites for hydroxylation is 4. The molecule has 0 saturated heterocycles. The number of benzene rings is 3. The third-order valence-corrected chi connectivity index (χ3v) is 6.78. The second-order valence-electron chi connectivity index (χ2n) is 8.70. The van der Waals surface area contributed by atoms with Gasteiger partial charge in [-0.3, -0.25) is 4.79 Å². The van der Waals surface area contributed by atoms with Gasteiger partial charge in [-0.05, 0) is 92.9 Å². The molecule has 0 aliphatic rings. The fraction of sp³-hybridized carbons (Fsp3) is 0.179. The molecule has 0 radical (unpaired) electrons. The molecule has 5 rings (SSSR count). The minimum Gasteiger partial charge on any atom is -0.489 e. The standard InChI is InChI=1S/C28H25N3O3S/c1-16-5-10-24-25(14-16)35-28(30-24)20-6-8-21(9-7-20)29-27(32)26-23(19(4)34-31-26)15-33-22-12-17(2)11-18(3)13-22/h5-14H,15H2,1-4H3,(H,29,32). The molecule has 0 aliphatic heterocycles. The summed E-state index contributed by atoms with van der Waals surface area (Å²) in [7, 11) is 0. The highest BCUT2D eigenvalue weighted by Gasteiger charge is 2.21. The summed E-state index contributed by atoms with van der Waals surface area (Å²) in [5, 5.41) is 7.83. The molecule has 5 aromatic rings. The van der Waals surface area contributed by atoms with Crippen LogP contribution in [0.5, 0.6) is 5.75 Å². The summed E-state index contributed by atoms with van der Waals surface area (Å²) in [6, 6.07) is 19.9. The van der Waals surface area contributed by atoms with E-state index in [2.05, 4.69) is 35.6 Å². The average Bonchev–Trinajstić information content (AvgIpc) is 3.40. The van der Waals surface area contributed by atoms with Crippen LogP contribution in [0.25, 0.3) is 20.8 Å². The average molecular weight is 484 g/mol. The van der Waals surface area contributed by atoms with E-state index in [4.69, 9.17) is 14.2 Å². The van der Waals surface area contributed by atoms with Gasteiger partial charge in [0, 0.05) is 11.3 Å². The predicted octanol–water partition coefficient (Wildman–Crippen LogP) is 7.02. The first-order valence-electron chi connectivity index (χ1n) is 11.3. The number of rotatable bonds is 6. The van der Waals surface area contributed by atoms with Gasteiger partial charge in [0.2, 0.25) is 0 Å². The van der Waals surface area contributed by atoms with Gasteiger partial charge < -0.3 is 14.6 Å². The molecule has 0 bridgehead atoms. The molecule has 0 fully saturated rings. The molecule has 0 saturated carbocycles. The highest BCUT2D eigenvalue weighted by Crippen LogP contribution is 2.31. The lowest BCUT2D eigenvalue weighted by Gasteiger charge is -2.09. The van der Waals surface area contributed by atoms with Gasteiger partial charge in [0.15, 0.2) is 5.69 Å². The maximum Gasteiger partial charge on any atom is 0.278 e. The smallest absolute Gasteiger partial charge is 0.278 e. The lowest BCUT2D eigenvalue weighted by Crippen LogP contribution is -2.15. The van der Waals surface area contributed by atoms with E-state index in [1.165, 1.54) is 5.56 Å². The first-order chi connectivity index (χ1) is 16.9. The Hall–Kier alpha value is -3.97. The normalized spacial score (nSPS) is 11.1. The van der Waals surface area contributed by atoms with Crippen molar-refractivity contribution in [1.29, 1.82) is 0 Å². The van der Waals surface area contributed by atoms with Gasteiger partial charge in [-0.15, -0.1) is 11.3 Å². The third-order valence-electron chi connectivity index (χ3n) is 5.71. The number of carbonyl (C=O) groups excluding carboxylic acids is 1. The number of nitrogens with one attached hydrogen (secondary N) is 1. The Kier molecular flexibility index (Phi) is 6.09. The van der Waals surface area contributed by atoms with Crippen molar-refractivity contribution in [1.82, 2.24) is 10.1 Å². The van der Waals surface area contributed by atoms with E-state index < -0.39 is 0 Å². The number of fused-ring (bicyclic) bond motifs is 1. The second kappa shape index (κ2) is 9.35. The summed E-state index contributed by atoms with van der Waals surface area (Å²) in [6.45, 7) is 8.09. The van der Waals surface area contributed by atoms with Crippen LogP contribution in [0, 0.1) is 27.7 Å². The van der Waals surface area contributed by atoms with Crippen LogP contribution in [-0.2, 0) is 6.61 Å². The van der Waals surface area contributed by atoms with Gasteiger partial charge in [-0.25, -0.2) is 4.98 Å². The number of anilines is 1. The van der Waals surface area contributed by atoms with Crippen LogP contribution in [0.2, 0.25) is 0 Å². The number of carbonyl (C=O) groups is 1. The van der Waals surface area contributed by atoms with Crippen molar-refractivity contribution in [3.63, 3.8) is 0 Å². The van der Waals surface area contributed by atoms with Crippen molar-refractivity contribution in [2.45, 2.75) is 34.3 Å². The van der Waals surface area contributed by atoms with Crippen molar-refractivity contribution >= 4 is 33.1 Å². The summed E-state index contributed by atoms with van der Waals surface area (Å²) in [6.07, 6.45) is 0. The van der Waals surface area contributed by atoms with Crippen LogP contribution in [0.15, 0.2) is 65.2 Å². The monoisotopic (exact) mass is 483 g/mol. The topological polar surface area (TPSA) is 77.2 Å². The van der Waals surface area contributed by atoms with Crippen molar-refractivity contribution in [3.05, 3.63) is 94.4 Å². The van der Waals surface area contributed by atoms with Crippen LogP contribution in [-0.4, -0.2) is 16.0 Å². The second-order valence-corrected chi connectivity index (χ2v) is 9.73. The molecule has 6 nitrogen and oxygen atoms in total. The van der Waals surface area contributed by atoms with E-state index in [0.29, 0.717) is 17.0 Å². The van der Waals surface area contributed by atoms with E-state index in [1.807, 2.05) is 56.3 Å². The fourth-order valence-electron chi connectivity index (χ4n) is 3.95. The molecule has 176 valence electrons. The van der Waals surface area contributed by atoms with E-state index in [0.717, 1.165) is 37.7 Å². The van der Waals surface area contributed by atoms with Crippen molar-refractivity contribution in [2.24, 2.45) is 0 Å². The first-order valence-corrected chi connectivity index (χ1v) is 12.1. The Labute approximate surface area is 207 Å². The number of ether oxygens (including phenoxy) is 1. The molecule has 1 N–H and O–H groups in total. The summed E-state index contributed by atoms with van der Waals surface area (Å²) in [4.78, 5) is 17.7. The fourth-order valence-corrected chi connectivity index (χ4v) is 5.02. The Bertz CT molecular complexity index is 1510. The Morgan fingerprint density at radius 1 is 0.943 bits per heavy atom. The van der Waals surface area contributed by atoms with Crippen molar-refractivity contribution < 1.29 is 14.1 Å². The number of hydrogen-bond donors (Lipinski definition) is 1. The van der Waals surface area contributed by atoms with Gasteiger partial charge in [0.1, 0.15) is 23.1 Å². The molecule has 0 unspecified atom stereocenters. The lowest BCUT2D eigenvalue weighted by atomic mass is 10.1. The minimum absolute atomic E-state index is 0.191. The Morgan fingerprint density at radius 2 is 1.69 bits per heavy atom. The highest BCUT2D eigenvalue weighted by molar-refractivity contribution is 7.21. The molecule has 35 heavy (non-hydrogen) atoms. The molecule has 2 heterocycles. The Balaban J connectivity index is 1.30. The molecule has 0 spiro atoms. The van der Waals surface area contributed by atoms with Crippen LogP contribution >= 0.6 is 11.3 Å². The minimum atomic E-state index is -0.343. The number of amides is 1. The zero-order chi connectivity index (χ0) is 24.5. The molecule has 1 amide bonds. The molecule has 0 aliphatic carbocycles. The van der Waals surface area contributed by atoms with E-state index in [1.54, 1.807) is 18.3 Å². The summed E-state index contributed by atoms with van der Waals surface area (Å²) in [5.41, 5.74) is 6.95. The predicted molar refractivity (Wildman–Crippen MR) is 139 cm³/mol. The SMILES string of the molecule is Cc1cc(C)cc(OCc2c(C(=O)Nc3ccc(-c4nc5ccc(C)cc5s4)cc3)noc2C)c1. The highest BCUT2D eigenvalue weighted by atomic mass is 32.1. The van der Waals surface area contributed by atoms with Crippen LogP contribution in [0.4, 0.5) is 5.69 Å². The molecule has 7 heteroatoms. The number of hydrogen-bond acceptors (Lipinski definition) is 6. The zero-order valence-electron chi connectivity index (χ0n) is 20.0. The van der Waals surface area contributed by atoms with Crippen LogP contribution in [0.1, 0.15) is 38.5 Å². The van der Waals surface area contributed by atoms with Crippen LogP contribution < -0.4 is 10.1 Å². The lowest BCUT2D eigenvalue weighted by molar-refractivity contribution is 0.101. The number of nitrogens with zero attached hydrogens (tertiary/aromatic N) is 2. The van der Waals surface area contributed by atoms with Gasteiger partial charge in [-0.2, -0.15) is 0 Å². The largest absolute Gasteiger partial charge is 0.489 e.